The van der Waals surface area contributed by atoms with Crippen molar-refractivity contribution in [1.82, 2.24) is 5.32 Å². The fraction of sp³-hybridized carbons (Fsp3) is 0.706. The number of nitrogens with zero attached hydrogens (tertiary/aromatic N) is 1. The number of Topliss-reactive ketones (excluding diaryl/α,β-unsaturated/α-hetero) is 2. The van der Waals surface area contributed by atoms with E-state index in [0.717, 1.165) is 54.3 Å². The quantitative estimate of drug-likeness (QED) is 0.0795. The molecule has 1 aromatic carbocycles. The predicted molar refractivity (Wildman–Crippen MR) is 182 cm³/mol. The molecule has 1 rings (SSSR count). The Bertz CT molecular complexity index is 963. The molecule has 0 fully saturated rings. The molecule has 0 aliphatic rings. The minimum Gasteiger partial charge on any atom is -0.494 e. The molecule has 238 valence electrons. The number of rotatable bonds is 22. The van der Waals surface area contributed by atoms with Gasteiger partial charge in [0.05, 0.1) is 13.2 Å². The summed E-state index contributed by atoms with van der Waals surface area (Å²) in [5.41, 5.74) is 1.93. The van der Waals surface area contributed by atoms with Crippen LogP contribution in [0, 0.1) is 10.8 Å². The van der Waals surface area contributed by atoms with Gasteiger partial charge in [0, 0.05) is 48.4 Å². The smallest absolute Gasteiger partial charge is 0.220 e. The monoisotopic (exact) mass is 620 g/mol. The van der Waals surface area contributed by atoms with Gasteiger partial charge < -0.3 is 10.1 Å². The molecule has 1 aromatic rings. The zero-order valence-electron chi connectivity index (χ0n) is 27.3. The molecule has 0 aliphatic carbocycles. The van der Waals surface area contributed by atoms with Crippen molar-refractivity contribution in [3.8, 4) is 5.75 Å². The molecule has 0 heterocycles. The van der Waals surface area contributed by atoms with E-state index in [1.165, 1.54) is 19.3 Å². The number of unbranched alkanes of at least 4 members (excludes halogenated alkanes) is 3. The van der Waals surface area contributed by atoms with Gasteiger partial charge >= 0.3 is 0 Å². The lowest BCUT2D eigenvalue weighted by atomic mass is 9.88. The van der Waals surface area contributed by atoms with Gasteiger partial charge in [0.2, 0.25) is 5.91 Å². The lowest BCUT2D eigenvalue weighted by Gasteiger charge is -2.17. The van der Waals surface area contributed by atoms with Gasteiger partial charge in [-0.15, -0.1) is 0 Å². The van der Waals surface area contributed by atoms with Crippen LogP contribution in [0.2, 0.25) is 0 Å². The van der Waals surface area contributed by atoms with Gasteiger partial charge in [-0.05, 0) is 67.9 Å². The number of carbonyl (C=O) groups excluding carboxylic acids is 3. The van der Waals surface area contributed by atoms with Crippen molar-refractivity contribution in [2.45, 2.75) is 113 Å². The average Bonchev–Trinajstić information content (AvgIpc) is 2.92. The maximum atomic E-state index is 12.2. The lowest BCUT2D eigenvalue weighted by molar-refractivity contribution is -0.126. The summed E-state index contributed by atoms with van der Waals surface area (Å²) in [6.07, 6.45) is 9.08. The highest BCUT2D eigenvalue weighted by atomic mass is 33.1. The summed E-state index contributed by atoms with van der Waals surface area (Å²) >= 11 is 0. The summed E-state index contributed by atoms with van der Waals surface area (Å²) in [6, 6.07) is 7.70. The van der Waals surface area contributed by atoms with Crippen molar-refractivity contribution in [2.75, 3.05) is 31.2 Å². The highest BCUT2D eigenvalue weighted by molar-refractivity contribution is 8.76. The first kappa shape index (κ1) is 38.2. The second-order valence-corrected chi connectivity index (χ2v) is 15.9. The summed E-state index contributed by atoms with van der Waals surface area (Å²) in [4.78, 5) is 40.7. The van der Waals surface area contributed by atoms with Crippen molar-refractivity contribution in [2.24, 2.45) is 15.8 Å². The van der Waals surface area contributed by atoms with Crippen LogP contribution in [0.1, 0.15) is 118 Å². The molecule has 0 atom stereocenters. The first-order valence-corrected chi connectivity index (χ1v) is 18.1. The zero-order valence-corrected chi connectivity index (χ0v) is 28.9. The molecule has 0 aromatic heterocycles. The van der Waals surface area contributed by atoms with E-state index in [4.69, 9.17) is 4.74 Å². The Kier molecular flexibility index (Phi) is 19.1. The largest absolute Gasteiger partial charge is 0.494 e. The summed E-state index contributed by atoms with van der Waals surface area (Å²) in [5, 5.41) is 3.01. The Morgan fingerprint density at radius 1 is 0.810 bits per heavy atom. The van der Waals surface area contributed by atoms with Gasteiger partial charge in [-0.25, -0.2) is 0 Å². The zero-order chi connectivity index (χ0) is 31.4. The van der Waals surface area contributed by atoms with Gasteiger partial charge in [0.1, 0.15) is 11.5 Å². The van der Waals surface area contributed by atoms with Crippen LogP contribution in [0.4, 0.5) is 0 Å². The van der Waals surface area contributed by atoms with E-state index < -0.39 is 0 Å². The second kappa shape index (κ2) is 21.0. The van der Waals surface area contributed by atoms with E-state index in [-0.39, 0.29) is 23.7 Å². The van der Waals surface area contributed by atoms with Crippen LogP contribution in [-0.4, -0.2) is 54.4 Å². The van der Waals surface area contributed by atoms with Crippen molar-refractivity contribution in [3.63, 3.8) is 0 Å². The Hall–Kier alpha value is -1.80. The number of hydrogen-bond acceptors (Lipinski definition) is 7. The summed E-state index contributed by atoms with van der Waals surface area (Å²) in [7, 11) is 3.42. The van der Waals surface area contributed by atoms with Gasteiger partial charge in [-0.2, -0.15) is 0 Å². The topological polar surface area (TPSA) is 84.8 Å². The number of hydrogen-bond donors (Lipinski definition) is 1. The van der Waals surface area contributed by atoms with E-state index in [1.807, 2.05) is 52.0 Å². The summed E-state index contributed by atoms with van der Waals surface area (Å²) in [6.45, 7) is 16.1. The minimum atomic E-state index is -0.260. The highest BCUT2D eigenvalue weighted by Gasteiger charge is 2.20. The predicted octanol–water partition coefficient (Wildman–Crippen LogP) is 8.50. The van der Waals surface area contributed by atoms with Crippen molar-refractivity contribution < 1.29 is 19.1 Å². The summed E-state index contributed by atoms with van der Waals surface area (Å²) in [5.74, 6) is 2.97. The maximum Gasteiger partial charge on any atom is 0.220 e. The van der Waals surface area contributed by atoms with Crippen molar-refractivity contribution in [3.05, 3.63) is 29.8 Å². The van der Waals surface area contributed by atoms with Crippen LogP contribution >= 0.6 is 21.6 Å². The molecule has 6 nitrogen and oxygen atoms in total. The van der Waals surface area contributed by atoms with Crippen LogP contribution in [0.5, 0.6) is 5.75 Å². The third-order valence-electron chi connectivity index (χ3n) is 6.77. The van der Waals surface area contributed by atoms with Gasteiger partial charge in [0.25, 0.3) is 0 Å². The Balaban J connectivity index is 2.14. The first-order chi connectivity index (χ1) is 19.8. The van der Waals surface area contributed by atoms with E-state index in [1.54, 1.807) is 21.6 Å². The fourth-order valence-corrected chi connectivity index (χ4v) is 6.10. The minimum absolute atomic E-state index is 0.0895. The molecular formula is C34H56N2O4S2. The molecule has 8 heteroatoms. The SMILES string of the molecule is CC(=NCC(=O)CCSSCCCC(=O)C(C)(C)C)c1ccc(OCCCC(=O)NCCCCCCC(C)(C)C)cc1. The average molecular weight is 621 g/mol. The molecular weight excluding hydrogens is 565 g/mol. The fourth-order valence-electron chi connectivity index (χ4n) is 3.98. The number of carbonyl (C=O) groups is 3. The molecule has 0 saturated carbocycles. The summed E-state index contributed by atoms with van der Waals surface area (Å²) < 4.78 is 5.80. The van der Waals surface area contributed by atoms with Crippen LogP contribution in [0.15, 0.2) is 29.3 Å². The number of ketones is 2. The van der Waals surface area contributed by atoms with Crippen LogP contribution in [-0.2, 0) is 14.4 Å². The molecule has 0 spiro atoms. The standard InChI is InChI=1S/C34H56N2O4S2/c1-27(36-26-29(37)20-25-42-41-24-13-14-31(38)34(5,6)7)28-16-18-30(19-17-28)40-23-12-15-32(39)35-22-11-9-8-10-21-33(2,3)4/h16-19H,8-15,20-26H2,1-7H3,(H,35,39). The number of amides is 1. The van der Waals surface area contributed by atoms with E-state index in [2.05, 4.69) is 31.1 Å². The Morgan fingerprint density at radius 2 is 1.48 bits per heavy atom. The Labute approximate surface area is 263 Å². The molecule has 0 unspecified atom stereocenters. The third-order valence-corrected chi connectivity index (χ3v) is 9.27. The third kappa shape index (κ3) is 20.2. The van der Waals surface area contributed by atoms with Crippen LogP contribution in [0.3, 0.4) is 0 Å². The van der Waals surface area contributed by atoms with Crippen molar-refractivity contribution in [1.29, 1.82) is 0 Å². The number of benzene rings is 1. The second-order valence-electron chi connectivity index (χ2n) is 13.2. The highest BCUT2D eigenvalue weighted by Crippen LogP contribution is 2.25. The van der Waals surface area contributed by atoms with E-state index >= 15 is 0 Å². The molecule has 0 saturated heterocycles. The maximum absolute atomic E-state index is 12.2. The number of nitrogens with one attached hydrogen (secondary N) is 1. The molecule has 0 aliphatic heterocycles. The molecule has 1 amide bonds. The van der Waals surface area contributed by atoms with Crippen molar-refractivity contribution >= 4 is 44.8 Å². The lowest BCUT2D eigenvalue weighted by Crippen LogP contribution is -2.24. The number of ether oxygens (including phenoxy) is 1. The first-order valence-electron chi connectivity index (χ1n) is 15.6. The normalized spacial score (nSPS) is 12.3. The van der Waals surface area contributed by atoms with Crippen LogP contribution < -0.4 is 10.1 Å². The molecule has 42 heavy (non-hydrogen) atoms. The molecule has 0 bridgehead atoms. The van der Waals surface area contributed by atoms with Gasteiger partial charge in [0.15, 0.2) is 5.78 Å². The van der Waals surface area contributed by atoms with E-state index in [9.17, 15) is 14.4 Å². The molecule has 1 N–H and O–H groups in total. The van der Waals surface area contributed by atoms with Gasteiger partial charge in [-0.1, -0.05) is 82.4 Å². The van der Waals surface area contributed by atoms with Gasteiger partial charge in [-0.3, -0.25) is 19.4 Å². The molecule has 0 radical (unpaired) electrons. The van der Waals surface area contributed by atoms with E-state index in [0.29, 0.717) is 43.5 Å². The van der Waals surface area contributed by atoms with Crippen LogP contribution in [0.25, 0.3) is 0 Å². The number of aliphatic imine (C=N–C) groups is 1. The Morgan fingerprint density at radius 3 is 2.14 bits per heavy atom.